The first-order valence-electron chi connectivity index (χ1n) is 9.43. The molecule has 0 radical (unpaired) electrons. The van der Waals surface area contributed by atoms with E-state index in [-0.39, 0.29) is 5.04 Å². The average Bonchev–Trinajstić information content (AvgIpc) is 2.62. The zero-order valence-corrected chi connectivity index (χ0v) is 17.7. The molecule has 26 heavy (non-hydrogen) atoms. The number of rotatable bonds is 8. The van der Waals surface area contributed by atoms with Crippen molar-refractivity contribution in [3.05, 3.63) is 85.0 Å². The molecule has 0 heterocycles. The highest BCUT2D eigenvalue weighted by Gasteiger charge is 2.49. The van der Waals surface area contributed by atoms with Gasteiger partial charge in [0.1, 0.15) is 0 Å². The molecular formula is C24H32OSi. The van der Waals surface area contributed by atoms with Gasteiger partial charge < -0.3 is 4.43 Å². The Morgan fingerprint density at radius 3 is 1.88 bits per heavy atom. The lowest BCUT2D eigenvalue weighted by Gasteiger charge is -2.43. The summed E-state index contributed by atoms with van der Waals surface area (Å²) in [4.78, 5) is 0. The van der Waals surface area contributed by atoms with E-state index in [1.807, 2.05) is 6.08 Å². The monoisotopic (exact) mass is 364 g/mol. The second kappa shape index (κ2) is 9.16. The summed E-state index contributed by atoms with van der Waals surface area (Å²) in [5.41, 5.74) is 1.35. The lowest BCUT2D eigenvalue weighted by atomic mass is 10.2. The maximum atomic E-state index is 6.86. The Morgan fingerprint density at radius 2 is 1.46 bits per heavy atom. The van der Waals surface area contributed by atoms with Crippen LogP contribution < -0.4 is 10.4 Å². The predicted molar refractivity (Wildman–Crippen MR) is 117 cm³/mol. The Bertz CT molecular complexity index is 671. The van der Waals surface area contributed by atoms with Crippen molar-refractivity contribution >= 4 is 18.7 Å². The van der Waals surface area contributed by atoms with Gasteiger partial charge in [-0.25, -0.2) is 0 Å². The van der Waals surface area contributed by atoms with E-state index in [1.165, 1.54) is 15.9 Å². The highest BCUT2D eigenvalue weighted by Crippen LogP contribution is 2.36. The molecule has 0 unspecified atom stereocenters. The van der Waals surface area contributed by atoms with Gasteiger partial charge in [-0.1, -0.05) is 99.2 Å². The molecule has 0 amide bonds. The van der Waals surface area contributed by atoms with Gasteiger partial charge in [0.15, 0.2) is 0 Å². The molecular weight excluding hydrogens is 332 g/mol. The van der Waals surface area contributed by atoms with Crippen molar-refractivity contribution in [2.24, 2.45) is 0 Å². The standard InChI is InChI=1S/C24H32OSi/c1-6-14-21(2)15-13-20-25-26(24(3,4)5,22-16-9-7-10-17-22)23-18-11-8-12-19-23/h6-12,15-19H,1,13-14,20H2,2-5H3/b21-15+. The van der Waals surface area contributed by atoms with E-state index >= 15 is 0 Å². The van der Waals surface area contributed by atoms with Crippen molar-refractivity contribution in [1.82, 2.24) is 0 Å². The van der Waals surface area contributed by atoms with Crippen molar-refractivity contribution in [3.8, 4) is 0 Å². The number of hydrogen-bond donors (Lipinski definition) is 0. The van der Waals surface area contributed by atoms with Gasteiger partial charge in [0, 0.05) is 6.61 Å². The molecule has 0 aromatic heterocycles. The lowest BCUT2D eigenvalue weighted by Crippen LogP contribution is -2.66. The van der Waals surface area contributed by atoms with Gasteiger partial charge in [0.05, 0.1) is 0 Å². The van der Waals surface area contributed by atoms with Crippen LogP contribution in [0.1, 0.15) is 40.5 Å². The van der Waals surface area contributed by atoms with E-state index in [4.69, 9.17) is 4.43 Å². The van der Waals surface area contributed by atoms with Gasteiger partial charge in [0.25, 0.3) is 8.32 Å². The topological polar surface area (TPSA) is 9.23 Å². The molecule has 2 rings (SSSR count). The summed E-state index contributed by atoms with van der Waals surface area (Å²) in [5, 5.41) is 2.71. The third-order valence-electron chi connectivity index (χ3n) is 4.81. The smallest absolute Gasteiger partial charge is 0.261 e. The molecule has 0 saturated carbocycles. The molecule has 0 spiro atoms. The van der Waals surface area contributed by atoms with Crippen LogP contribution in [-0.2, 0) is 4.43 Å². The van der Waals surface area contributed by atoms with Crippen LogP contribution >= 0.6 is 0 Å². The van der Waals surface area contributed by atoms with E-state index < -0.39 is 8.32 Å². The number of allylic oxidation sites excluding steroid dienone is 2. The van der Waals surface area contributed by atoms with Gasteiger partial charge in [-0.2, -0.15) is 0 Å². The largest absolute Gasteiger partial charge is 0.407 e. The first-order chi connectivity index (χ1) is 12.4. The molecule has 138 valence electrons. The van der Waals surface area contributed by atoms with Crippen LogP contribution in [0.2, 0.25) is 5.04 Å². The van der Waals surface area contributed by atoms with E-state index in [0.29, 0.717) is 0 Å². The van der Waals surface area contributed by atoms with Crippen molar-refractivity contribution in [1.29, 1.82) is 0 Å². The van der Waals surface area contributed by atoms with Crippen LogP contribution in [-0.4, -0.2) is 14.9 Å². The fraction of sp³-hybridized carbons (Fsp3) is 0.333. The van der Waals surface area contributed by atoms with E-state index in [1.54, 1.807) is 0 Å². The van der Waals surface area contributed by atoms with Crippen LogP contribution in [0.5, 0.6) is 0 Å². The predicted octanol–water partition coefficient (Wildman–Crippen LogP) is 5.48. The van der Waals surface area contributed by atoms with E-state index in [2.05, 4.69) is 101 Å². The van der Waals surface area contributed by atoms with Gasteiger partial charge in [-0.3, -0.25) is 0 Å². The number of benzene rings is 2. The maximum absolute atomic E-state index is 6.86. The summed E-state index contributed by atoms with van der Waals surface area (Å²) in [7, 11) is -2.39. The Morgan fingerprint density at radius 1 is 0.962 bits per heavy atom. The van der Waals surface area contributed by atoms with Crippen LogP contribution in [0.4, 0.5) is 0 Å². The van der Waals surface area contributed by atoms with Gasteiger partial charge in [-0.05, 0) is 35.2 Å². The summed E-state index contributed by atoms with van der Waals surface area (Å²) in [6, 6.07) is 21.6. The summed E-state index contributed by atoms with van der Waals surface area (Å²) in [6.07, 6.45) is 6.11. The minimum atomic E-state index is -2.39. The van der Waals surface area contributed by atoms with Gasteiger partial charge >= 0.3 is 0 Å². The van der Waals surface area contributed by atoms with E-state index in [9.17, 15) is 0 Å². The SMILES string of the molecule is C=CC/C(C)=C/CCO[Si](c1ccccc1)(c1ccccc1)C(C)(C)C. The molecule has 0 atom stereocenters. The lowest BCUT2D eigenvalue weighted by molar-refractivity contribution is 0.304. The molecule has 0 N–H and O–H groups in total. The van der Waals surface area contributed by atoms with Gasteiger partial charge in [-0.15, -0.1) is 6.58 Å². The Labute approximate surface area is 160 Å². The summed E-state index contributed by atoms with van der Waals surface area (Å²) < 4.78 is 6.86. The van der Waals surface area contributed by atoms with Crippen LogP contribution in [0.15, 0.2) is 85.0 Å². The van der Waals surface area contributed by atoms with Crippen LogP contribution in [0.3, 0.4) is 0 Å². The average molecular weight is 365 g/mol. The molecule has 0 aliphatic carbocycles. The third-order valence-corrected chi connectivity index (χ3v) is 9.85. The quantitative estimate of drug-likeness (QED) is 0.342. The Balaban J connectivity index is 2.41. The Kier molecular flexibility index (Phi) is 7.19. The Hall–Kier alpha value is -1.90. The van der Waals surface area contributed by atoms with Crippen molar-refractivity contribution < 1.29 is 4.43 Å². The fourth-order valence-corrected chi connectivity index (χ4v) is 8.17. The number of hydrogen-bond acceptors (Lipinski definition) is 1. The molecule has 1 nitrogen and oxygen atoms in total. The van der Waals surface area contributed by atoms with Crippen molar-refractivity contribution in [2.45, 2.75) is 45.6 Å². The zero-order chi connectivity index (χ0) is 19.0. The fourth-order valence-electron chi connectivity index (χ4n) is 3.59. The normalized spacial score (nSPS) is 12.8. The minimum Gasteiger partial charge on any atom is -0.407 e. The molecule has 0 saturated heterocycles. The second-order valence-electron chi connectivity index (χ2n) is 7.84. The summed E-state index contributed by atoms with van der Waals surface area (Å²) in [5.74, 6) is 0. The molecule has 2 heteroatoms. The molecule has 2 aromatic carbocycles. The molecule has 0 bridgehead atoms. The summed E-state index contributed by atoms with van der Waals surface area (Å²) in [6.45, 7) is 13.7. The second-order valence-corrected chi connectivity index (χ2v) is 12.1. The van der Waals surface area contributed by atoms with E-state index in [0.717, 1.165) is 19.4 Å². The highest BCUT2D eigenvalue weighted by molar-refractivity contribution is 6.99. The minimum absolute atomic E-state index is 0.0373. The maximum Gasteiger partial charge on any atom is 0.261 e. The summed E-state index contributed by atoms with van der Waals surface area (Å²) >= 11 is 0. The van der Waals surface area contributed by atoms with Crippen LogP contribution in [0, 0.1) is 0 Å². The molecule has 0 fully saturated rings. The van der Waals surface area contributed by atoms with Crippen molar-refractivity contribution in [3.63, 3.8) is 0 Å². The molecule has 0 aliphatic heterocycles. The first-order valence-corrected chi connectivity index (χ1v) is 11.3. The zero-order valence-electron chi connectivity index (χ0n) is 16.7. The van der Waals surface area contributed by atoms with Crippen LogP contribution in [0.25, 0.3) is 0 Å². The van der Waals surface area contributed by atoms with Gasteiger partial charge in [0.2, 0.25) is 0 Å². The van der Waals surface area contributed by atoms with Crippen molar-refractivity contribution in [2.75, 3.05) is 6.61 Å². The first kappa shape index (κ1) is 20.4. The third kappa shape index (κ3) is 4.63. The molecule has 0 aliphatic rings. The molecule has 2 aromatic rings. The highest BCUT2D eigenvalue weighted by atomic mass is 28.4.